The molecule has 160 valence electrons. The summed E-state index contributed by atoms with van der Waals surface area (Å²) < 4.78 is 17.1. The molecule has 3 N–H and O–H groups in total. The Morgan fingerprint density at radius 1 is 1.13 bits per heavy atom. The van der Waals surface area contributed by atoms with Crippen molar-refractivity contribution in [3.63, 3.8) is 0 Å². The van der Waals surface area contributed by atoms with E-state index in [2.05, 4.69) is 4.98 Å². The van der Waals surface area contributed by atoms with Crippen LogP contribution in [0.1, 0.15) is 17.5 Å². The van der Waals surface area contributed by atoms with Gasteiger partial charge < -0.3 is 20.1 Å². The van der Waals surface area contributed by atoms with E-state index in [4.69, 9.17) is 20.1 Å². The van der Waals surface area contributed by atoms with Gasteiger partial charge in [-0.25, -0.2) is 9.18 Å². The molecule has 0 bridgehead atoms. The maximum atomic E-state index is 12.3. The molecule has 0 saturated carbocycles. The number of carboxylic acid groups (broad SMARTS) is 3. The zero-order valence-electron chi connectivity index (χ0n) is 16.0. The van der Waals surface area contributed by atoms with Crippen molar-refractivity contribution in [2.75, 3.05) is 13.2 Å². The molecule has 1 fully saturated rings. The Morgan fingerprint density at radius 3 is 2.27 bits per heavy atom. The van der Waals surface area contributed by atoms with Gasteiger partial charge >= 0.3 is 17.9 Å². The Kier molecular flexibility index (Phi) is 11.1. The lowest BCUT2D eigenvalue weighted by Gasteiger charge is -1.95. The Hall–Kier alpha value is -3.59. The summed E-state index contributed by atoms with van der Waals surface area (Å²) >= 11 is 0. The molecule has 0 radical (unpaired) electrons. The molecule has 1 saturated heterocycles. The van der Waals surface area contributed by atoms with Gasteiger partial charge in [-0.2, -0.15) is 0 Å². The minimum absolute atomic E-state index is 0.0553. The van der Waals surface area contributed by atoms with Crippen LogP contribution in [0.2, 0.25) is 0 Å². The van der Waals surface area contributed by atoms with E-state index in [1.165, 1.54) is 30.3 Å². The number of benzene rings is 1. The van der Waals surface area contributed by atoms with E-state index in [9.17, 15) is 18.8 Å². The van der Waals surface area contributed by atoms with Crippen LogP contribution in [0.3, 0.4) is 0 Å². The Balaban J connectivity index is 0.000000228. The number of pyridine rings is 1. The average Bonchev–Trinajstić information content (AvgIpc) is 3.25. The van der Waals surface area contributed by atoms with Gasteiger partial charge in [0.1, 0.15) is 5.82 Å². The van der Waals surface area contributed by atoms with Gasteiger partial charge in [-0.15, -0.1) is 0 Å². The second-order valence-electron chi connectivity index (χ2n) is 6.05. The molecule has 1 aromatic carbocycles. The Bertz CT molecular complexity index is 832. The van der Waals surface area contributed by atoms with Crippen molar-refractivity contribution in [2.24, 2.45) is 5.92 Å². The van der Waals surface area contributed by atoms with Crippen LogP contribution >= 0.6 is 0 Å². The fourth-order valence-corrected chi connectivity index (χ4v) is 2.15. The Morgan fingerprint density at radius 2 is 1.83 bits per heavy atom. The van der Waals surface area contributed by atoms with Crippen molar-refractivity contribution in [2.45, 2.75) is 12.8 Å². The minimum Gasteiger partial charge on any atom is -0.481 e. The van der Waals surface area contributed by atoms with Gasteiger partial charge in [-0.1, -0.05) is 18.2 Å². The average molecular weight is 419 g/mol. The molecule has 1 aromatic heterocycles. The third-order valence-electron chi connectivity index (χ3n) is 3.65. The summed E-state index contributed by atoms with van der Waals surface area (Å²) in [5, 5.41) is 24.9. The first-order chi connectivity index (χ1) is 14.3. The summed E-state index contributed by atoms with van der Waals surface area (Å²) in [4.78, 5) is 34.2. The number of aromatic nitrogens is 1. The highest BCUT2D eigenvalue weighted by Gasteiger charge is 2.21. The van der Waals surface area contributed by atoms with Gasteiger partial charge in [0.25, 0.3) is 0 Å². The van der Waals surface area contributed by atoms with E-state index < -0.39 is 17.9 Å². The van der Waals surface area contributed by atoms with E-state index >= 15 is 0 Å². The lowest BCUT2D eigenvalue weighted by atomic mass is 10.1. The van der Waals surface area contributed by atoms with Gasteiger partial charge in [0.15, 0.2) is 0 Å². The Labute approximate surface area is 172 Å². The van der Waals surface area contributed by atoms with E-state index in [-0.39, 0.29) is 18.2 Å². The minimum atomic E-state index is -0.950. The van der Waals surface area contributed by atoms with E-state index in [0.717, 1.165) is 11.6 Å². The first-order valence-corrected chi connectivity index (χ1v) is 8.85. The third-order valence-corrected chi connectivity index (χ3v) is 3.65. The summed E-state index contributed by atoms with van der Waals surface area (Å²) in [6.07, 6.45) is 6.43. The lowest BCUT2D eigenvalue weighted by molar-refractivity contribution is -0.141. The predicted molar refractivity (Wildman–Crippen MR) is 105 cm³/mol. The summed E-state index contributed by atoms with van der Waals surface area (Å²) in [5.74, 6) is -3.18. The molecule has 0 spiro atoms. The van der Waals surface area contributed by atoms with Crippen molar-refractivity contribution in [3.05, 3.63) is 71.8 Å². The van der Waals surface area contributed by atoms with Crippen LogP contribution in [-0.2, 0) is 25.5 Å². The maximum Gasteiger partial charge on any atom is 0.328 e. The molecule has 1 aliphatic rings. The van der Waals surface area contributed by atoms with Crippen molar-refractivity contribution in [1.82, 2.24) is 4.98 Å². The van der Waals surface area contributed by atoms with E-state index in [1.54, 1.807) is 24.5 Å². The van der Waals surface area contributed by atoms with Gasteiger partial charge in [-0.3, -0.25) is 14.6 Å². The number of rotatable bonds is 5. The second kappa shape index (κ2) is 13.6. The van der Waals surface area contributed by atoms with E-state index in [1.807, 2.05) is 0 Å². The van der Waals surface area contributed by atoms with Gasteiger partial charge in [-0.05, 0) is 41.8 Å². The number of hydrogen-bond acceptors (Lipinski definition) is 5. The van der Waals surface area contributed by atoms with Crippen LogP contribution in [0, 0.1) is 11.7 Å². The molecule has 1 unspecified atom stereocenters. The lowest BCUT2D eigenvalue weighted by Crippen LogP contribution is -2.12. The molecule has 2 aromatic rings. The number of hydrogen-bond donors (Lipinski definition) is 3. The standard InChI is InChI=1S/C8H7FO2.C8H7NO2.C5H8O3/c9-7-3-1-6(2-4-7)5-8(10)11;10-8(11)4-3-7-2-1-5-9-6-7;6-5(7)4-1-2-8-3-4/h1-4H,5H2,(H,10,11);1-6H,(H,10,11);4H,1-3H2,(H,6,7)/b;4-3+;. The van der Waals surface area contributed by atoms with Crippen LogP contribution in [0.4, 0.5) is 4.39 Å². The zero-order chi connectivity index (χ0) is 22.4. The third kappa shape index (κ3) is 11.3. The first kappa shape index (κ1) is 24.4. The van der Waals surface area contributed by atoms with Crippen molar-refractivity contribution >= 4 is 24.0 Å². The fraction of sp³-hybridized carbons (Fsp3) is 0.238. The molecular weight excluding hydrogens is 397 g/mol. The van der Waals surface area contributed by atoms with Crippen LogP contribution in [-0.4, -0.2) is 51.4 Å². The molecule has 3 rings (SSSR count). The molecular formula is C21H22FNO7. The highest BCUT2D eigenvalue weighted by Crippen LogP contribution is 2.11. The van der Waals surface area contributed by atoms with Crippen molar-refractivity contribution < 1.29 is 38.8 Å². The second-order valence-corrected chi connectivity index (χ2v) is 6.05. The van der Waals surface area contributed by atoms with Gasteiger partial charge in [0.2, 0.25) is 0 Å². The monoisotopic (exact) mass is 419 g/mol. The SMILES string of the molecule is O=C(O)/C=C/c1cccnc1.O=C(O)C1CCOC1.O=C(O)Cc1ccc(F)cc1. The summed E-state index contributed by atoms with van der Waals surface area (Å²) in [7, 11) is 0. The topological polar surface area (TPSA) is 134 Å². The summed E-state index contributed by atoms with van der Waals surface area (Å²) in [6.45, 7) is 1.01. The summed E-state index contributed by atoms with van der Waals surface area (Å²) in [5.41, 5.74) is 1.40. The number of ether oxygens (including phenoxy) is 1. The number of carbonyl (C=O) groups is 3. The molecule has 0 aliphatic carbocycles. The number of aliphatic carboxylic acids is 3. The van der Waals surface area contributed by atoms with E-state index in [0.29, 0.717) is 25.2 Å². The molecule has 9 heteroatoms. The number of halogens is 1. The largest absolute Gasteiger partial charge is 0.481 e. The predicted octanol–water partition coefficient (Wildman–Crippen LogP) is 2.74. The molecule has 2 heterocycles. The number of nitrogens with zero attached hydrogens (tertiary/aromatic N) is 1. The zero-order valence-corrected chi connectivity index (χ0v) is 16.0. The maximum absolute atomic E-state index is 12.3. The molecule has 0 amide bonds. The molecule has 1 aliphatic heterocycles. The van der Waals surface area contributed by atoms with Crippen molar-refractivity contribution in [1.29, 1.82) is 0 Å². The first-order valence-electron chi connectivity index (χ1n) is 8.85. The quantitative estimate of drug-likeness (QED) is 0.630. The fourth-order valence-electron chi connectivity index (χ4n) is 2.15. The van der Waals surface area contributed by atoms with Gasteiger partial charge in [0, 0.05) is 25.1 Å². The number of carboxylic acids is 3. The van der Waals surface area contributed by atoms with Crippen molar-refractivity contribution in [3.8, 4) is 0 Å². The highest BCUT2D eigenvalue weighted by molar-refractivity contribution is 5.85. The molecule has 8 nitrogen and oxygen atoms in total. The van der Waals surface area contributed by atoms with Crippen LogP contribution < -0.4 is 0 Å². The molecule has 30 heavy (non-hydrogen) atoms. The smallest absolute Gasteiger partial charge is 0.328 e. The van der Waals surface area contributed by atoms with Crippen LogP contribution in [0.15, 0.2) is 54.9 Å². The van der Waals surface area contributed by atoms with Crippen LogP contribution in [0.5, 0.6) is 0 Å². The molecule has 1 atom stereocenters. The van der Waals surface area contributed by atoms with Gasteiger partial charge in [0.05, 0.1) is 18.9 Å². The summed E-state index contributed by atoms with van der Waals surface area (Å²) in [6, 6.07) is 8.96. The highest BCUT2D eigenvalue weighted by atomic mass is 19.1. The normalized spacial score (nSPS) is 14.8. The van der Waals surface area contributed by atoms with Crippen LogP contribution in [0.25, 0.3) is 6.08 Å².